The van der Waals surface area contributed by atoms with E-state index in [1.54, 1.807) is 18.3 Å². The van der Waals surface area contributed by atoms with E-state index >= 15 is 0 Å². The summed E-state index contributed by atoms with van der Waals surface area (Å²) >= 11 is 0. The molecule has 2 aromatic carbocycles. The van der Waals surface area contributed by atoms with E-state index in [9.17, 15) is 10.1 Å². The Bertz CT molecular complexity index is 1190. The molecule has 0 radical (unpaired) electrons. The first-order chi connectivity index (χ1) is 13.2. The quantitative estimate of drug-likeness (QED) is 0.491. The number of aryl methyl sites for hydroxylation is 1. The van der Waals surface area contributed by atoms with E-state index in [-0.39, 0.29) is 0 Å². The molecule has 0 saturated carbocycles. The van der Waals surface area contributed by atoms with Crippen LogP contribution in [0.15, 0.2) is 66.9 Å². The van der Waals surface area contributed by atoms with Crippen molar-refractivity contribution in [3.05, 3.63) is 83.7 Å². The number of hydrogen-bond donors (Lipinski definition) is 0. The third-order valence-corrected chi connectivity index (χ3v) is 4.58. The van der Waals surface area contributed by atoms with Crippen LogP contribution in [0.1, 0.15) is 21.6 Å². The number of hydrogen-bond acceptors (Lipinski definition) is 4. The average Bonchev–Trinajstić information content (AvgIpc) is 2.73. The second kappa shape index (κ2) is 6.81. The maximum absolute atomic E-state index is 11.0. The van der Waals surface area contributed by atoms with Crippen LogP contribution in [-0.2, 0) is 0 Å². The Hall–Kier alpha value is -3.84. The van der Waals surface area contributed by atoms with Gasteiger partial charge in [0.2, 0.25) is 0 Å². The monoisotopic (exact) mass is 349 g/mol. The molecule has 4 aromatic rings. The summed E-state index contributed by atoms with van der Waals surface area (Å²) in [5.41, 5.74) is 5.93. The number of aldehydes is 1. The van der Waals surface area contributed by atoms with Gasteiger partial charge in [0.25, 0.3) is 0 Å². The second-order valence-electron chi connectivity index (χ2n) is 6.22. The summed E-state index contributed by atoms with van der Waals surface area (Å²) in [5.74, 6) is 0. The van der Waals surface area contributed by atoms with Crippen LogP contribution >= 0.6 is 0 Å². The second-order valence-corrected chi connectivity index (χ2v) is 6.22. The Morgan fingerprint density at radius 3 is 2.37 bits per heavy atom. The smallest absolute Gasteiger partial charge is 0.150 e. The molecule has 2 aromatic heterocycles. The highest BCUT2D eigenvalue weighted by molar-refractivity contribution is 5.99. The molecule has 0 atom stereocenters. The van der Waals surface area contributed by atoms with Crippen molar-refractivity contribution in [2.24, 2.45) is 0 Å². The molecule has 0 spiro atoms. The molecule has 0 bridgehead atoms. The molecule has 0 aliphatic heterocycles. The van der Waals surface area contributed by atoms with Crippen LogP contribution in [0.3, 0.4) is 0 Å². The number of rotatable bonds is 3. The van der Waals surface area contributed by atoms with Crippen LogP contribution in [0.25, 0.3) is 33.3 Å². The number of carbonyl (C=O) groups is 1. The summed E-state index contributed by atoms with van der Waals surface area (Å²) in [6, 6.07) is 21.2. The topological polar surface area (TPSA) is 66.6 Å². The molecule has 0 fully saturated rings. The van der Waals surface area contributed by atoms with Crippen LogP contribution in [0.2, 0.25) is 0 Å². The van der Waals surface area contributed by atoms with E-state index < -0.39 is 0 Å². The summed E-state index contributed by atoms with van der Waals surface area (Å²) in [6.07, 6.45) is 2.51. The van der Waals surface area contributed by atoms with Gasteiger partial charge in [0, 0.05) is 34.0 Å². The lowest BCUT2D eigenvalue weighted by Gasteiger charge is -2.15. The van der Waals surface area contributed by atoms with Gasteiger partial charge < -0.3 is 0 Å². The fourth-order valence-corrected chi connectivity index (χ4v) is 3.30. The van der Waals surface area contributed by atoms with Gasteiger partial charge in [-0.3, -0.25) is 9.78 Å². The van der Waals surface area contributed by atoms with E-state index in [1.807, 2.05) is 55.5 Å². The largest absolute Gasteiger partial charge is 0.298 e. The van der Waals surface area contributed by atoms with Gasteiger partial charge in [-0.25, -0.2) is 4.98 Å². The standard InChI is InChI=1S/C23H15N3O/c1-15-21-19(13-24)22(17-5-3-2-4-6-17)23(26-20(21)11-12-25-15)18-9-7-16(14-27)8-10-18/h2-12,14H,1H3. The summed E-state index contributed by atoms with van der Waals surface area (Å²) < 4.78 is 0. The zero-order valence-electron chi connectivity index (χ0n) is 14.7. The molecule has 0 N–H and O–H groups in total. The number of pyridine rings is 2. The predicted molar refractivity (Wildman–Crippen MR) is 105 cm³/mol. The SMILES string of the molecule is Cc1nccc2nc(-c3ccc(C=O)cc3)c(-c3ccccc3)c(C#N)c12. The lowest BCUT2D eigenvalue weighted by molar-refractivity contribution is 0.112. The third kappa shape index (κ3) is 2.86. The first-order valence-corrected chi connectivity index (χ1v) is 8.53. The molecule has 2 heterocycles. The zero-order valence-corrected chi connectivity index (χ0v) is 14.7. The molecule has 0 unspecified atom stereocenters. The molecule has 4 nitrogen and oxygen atoms in total. The van der Waals surface area contributed by atoms with Gasteiger partial charge in [-0.1, -0.05) is 54.6 Å². The Morgan fingerprint density at radius 1 is 0.963 bits per heavy atom. The van der Waals surface area contributed by atoms with Crippen LogP contribution in [0.4, 0.5) is 0 Å². The van der Waals surface area contributed by atoms with E-state index in [1.165, 1.54) is 0 Å². The fraction of sp³-hybridized carbons (Fsp3) is 0.0435. The van der Waals surface area contributed by atoms with Crippen LogP contribution in [0.5, 0.6) is 0 Å². The Morgan fingerprint density at radius 2 is 1.70 bits per heavy atom. The van der Waals surface area contributed by atoms with Gasteiger partial charge >= 0.3 is 0 Å². The van der Waals surface area contributed by atoms with Crippen LogP contribution < -0.4 is 0 Å². The zero-order chi connectivity index (χ0) is 18.8. The third-order valence-electron chi connectivity index (χ3n) is 4.58. The summed E-state index contributed by atoms with van der Waals surface area (Å²) in [5, 5.41) is 10.8. The van der Waals surface area contributed by atoms with Crippen LogP contribution in [0, 0.1) is 18.3 Å². The molecule has 4 heteroatoms. The number of nitriles is 1. The number of fused-ring (bicyclic) bond motifs is 1. The minimum absolute atomic E-state index is 0.561. The van der Waals surface area contributed by atoms with E-state index in [0.717, 1.165) is 39.6 Å². The summed E-state index contributed by atoms with van der Waals surface area (Å²) in [7, 11) is 0. The van der Waals surface area contributed by atoms with Crippen molar-refractivity contribution < 1.29 is 4.79 Å². The Kier molecular flexibility index (Phi) is 4.19. The van der Waals surface area contributed by atoms with Crippen LogP contribution in [-0.4, -0.2) is 16.3 Å². The lowest BCUT2D eigenvalue weighted by atomic mass is 9.92. The summed E-state index contributed by atoms with van der Waals surface area (Å²) in [4.78, 5) is 20.2. The van der Waals surface area contributed by atoms with Crippen molar-refractivity contribution in [3.8, 4) is 28.5 Å². The molecule has 27 heavy (non-hydrogen) atoms. The number of benzene rings is 2. The predicted octanol–water partition coefficient (Wildman–Crippen LogP) is 4.96. The van der Waals surface area contributed by atoms with Crippen molar-refractivity contribution in [2.75, 3.05) is 0 Å². The first-order valence-electron chi connectivity index (χ1n) is 8.53. The minimum Gasteiger partial charge on any atom is -0.298 e. The first kappa shape index (κ1) is 16.6. The maximum Gasteiger partial charge on any atom is 0.150 e. The number of carbonyl (C=O) groups excluding carboxylic acids is 1. The van der Waals surface area contributed by atoms with Gasteiger partial charge in [-0.2, -0.15) is 5.26 Å². The lowest BCUT2D eigenvalue weighted by Crippen LogP contribution is -1.99. The molecular formula is C23H15N3O. The van der Waals surface area contributed by atoms with Crippen molar-refractivity contribution >= 4 is 17.2 Å². The fourth-order valence-electron chi connectivity index (χ4n) is 3.30. The van der Waals surface area contributed by atoms with Gasteiger partial charge in [0.15, 0.2) is 0 Å². The van der Waals surface area contributed by atoms with Gasteiger partial charge in [-0.15, -0.1) is 0 Å². The van der Waals surface area contributed by atoms with Crippen molar-refractivity contribution in [1.29, 1.82) is 5.26 Å². The molecule has 0 aliphatic carbocycles. The Balaban J connectivity index is 2.13. The van der Waals surface area contributed by atoms with E-state index in [0.29, 0.717) is 16.8 Å². The van der Waals surface area contributed by atoms with Crippen molar-refractivity contribution in [3.63, 3.8) is 0 Å². The van der Waals surface area contributed by atoms with Gasteiger partial charge in [0.05, 0.1) is 16.8 Å². The number of nitrogens with zero attached hydrogens (tertiary/aromatic N) is 3. The van der Waals surface area contributed by atoms with Gasteiger partial charge in [0.1, 0.15) is 12.4 Å². The van der Waals surface area contributed by atoms with E-state index in [2.05, 4.69) is 11.1 Å². The highest BCUT2D eigenvalue weighted by Gasteiger charge is 2.19. The highest BCUT2D eigenvalue weighted by atomic mass is 16.1. The molecule has 0 saturated heterocycles. The van der Waals surface area contributed by atoms with E-state index in [4.69, 9.17) is 4.98 Å². The normalized spacial score (nSPS) is 10.5. The molecule has 4 rings (SSSR count). The minimum atomic E-state index is 0.561. The molecular weight excluding hydrogens is 334 g/mol. The summed E-state index contributed by atoms with van der Waals surface area (Å²) in [6.45, 7) is 1.89. The Labute approximate surface area is 156 Å². The molecule has 128 valence electrons. The molecule has 0 amide bonds. The molecule has 0 aliphatic rings. The number of aromatic nitrogens is 2. The maximum atomic E-state index is 11.0. The highest BCUT2D eigenvalue weighted by Crippen LogP contribution is 2.37. The average molecular weight is 349 g/mol. The van der Waals surface area contributed by atoms with Crippen molar-refractivity contribution in [2.45, 2.75) is 6.92 Å². The van der Waals surface area contributed by atoms with Gasteiger partial charge in [-0.05, 0) is 18.6 Å². The van der Waals surface area contributed by atoms with Crippen molar-refractivity contribution in [1.82, 2.24) is 9.97 Å².